The number of carbonyl (C=O) groups is 2. The van der Waals surface area contributed by atoms with Crippen LogP contribution in [-0.4, -0.2) is 38.3 Å². The van der Waals surface area contributed by atoms with Gasteiger partial charge in [0.15, 0.2) is 0 Å². The van der Waals surface area contributed by atoms with Crippen LogP contribution in [0.2, 0.25) is 0 Å². The number of amides is 1. The zero-order chi connectivity index (χ0) is 24.0. The van der Waals surface area contributed by atoms with Crippen LogP contribution in [0.25, 0.3) is 0 Å². The Bertz CT molecular complexity index is 1260. The molecule has 0 saturated carbocycles. The summed E-state index contributed by atoms with van der Waals surface area (Å²) in [4.78, 5) is 25.1. The number of sulfonamides is 1. The minimum atomic E-state index is -3.99. The molecule has 7 nitrogen and oxygen atoms in total. The zero-order valence-corrected chi connectivity index (χ0v) is 19.6. The van der Waals surface area contributed by atoms with Crippen LogP contribution in [0.5, 0.6) is 0 Å². The molecule has 3 rings (SSSR count). The van der Waals surface area contributed by atoms with E-state index in [1.165, 1.54) is 13.2 Å². The van der Waals surface area contributed by atoms with Gasteiger partial charge in [-0.1, -0.05) is 54.6 Å². The highest BCUT2D eigenvalue weighted by Crippen LogP contribution is 2.23. The highest BCUT2D eigenvalue weighted by Gasteiger charge is 2.29. The third-order valence-corrected chi connectivity index (χ3v) is 7.02. The normalized spacial score (nSPS) is 11.3. The SMILES string of the molecule is COC(=O)c1ccccc1NC(=O)CN(Cc1ccccc1)S(=O)(=O)c1cc(C)ccc1C. The van der Waals surface area contributed by atoms with E-state index < -0.39 is 28.4 Å². The molecule has 0 aliphatic rings. The van der Waals surface area contributed by atoms with Gasteiger partial charge in [-0.2, -0.15) is 4.31 Å². The predicted octanol–water partition coefficient (Wildman–Crippen LogP) is 3.92. The Hall–Kier alpha value is -3.49. The summed E-state index contributed by atoms with van der Waals surface area (Å²) >= 11 is 0. The van der Waals surface area contributed by atoms with Crippen LogP contribution in [0.15, 0.2) is 77.7 Å². The van der Waals surface area contributed by atoms with Crippen LogP contribution in [0, 0.1) is 13.8 Å². The van der Waals surface area contributed by atoms with Crippen molar-refractivity contribution in [2.75, 3.05) is 19.0 Å². The van der Waals surface area contributed by atoms with E-state index in [1.807, 2.05) is 31.2 Å². The van der Waals surface area contributed by atoms with Gasteiger partial charge < -0.3 is 10.1 Å². The molecular weight excluding hydrogens is 440 g/mol. The molecule has 0 aliphatic carbocycles. The van der Waals surface area contributed by atoms with E-state index in [2.05, 4.69) is 5.32 Å². The number of hydrogen-bond acceptors (Lipinski definition) is 5. The fourth-order valence-corrected chi connectivity index (χ4v) is 5.06. The van der Waals surface area contributed by atoms with Crippen LogP contribution >= 0.6 is 0 Å². The van der Waals surface area contributed by atoms with Gasteiger partial charge in [0.2, 0.25) is 15.9 Å². The number of nitrogens with one attached hydrogen (secondary N) is 1. The molecule has 0 fully saturated rings. The van der Waals surface area contributed by atoms with Crippen molar-refractivity contribution in [3.63, 3.8) is 0 Å². The number of rotatable bonds is 8. The lowest BCUT2D eigenvalue weighted by molar-refractivity contribution is -0.116. The summed E-state index contributed by atoms with van der Waals surface area (Å²) in [6.45, 7) is 3.12. The Morgan fingerprint density at radius 3 is 2.30 bits per heavy atom. The van der Waals surface area contributed by atoms with Crippen molar-refractivity contribution >= 4 is 27.6 Å². The molecule has 1 amide bonds. The molecule has 172 valence electrons. The van der Waals surface area contributed by atoms with Crippen molar-refractivity contribution in [1.29, 1.82) is 0 Å². The summed E-state index contributed by atoms with van der Waals surface area (Å²) in [5.41, 5.74) is 2.57. The number of nitrogens with zero attached hydrogens (tertiary/aromatic N) is 1. The van der Waals surface area contributed by atoms with Crippen molar-refractivity contribution in [2.45, 2.75) is 25.3 Å². The molecular formula is C25H26N2O5S. The summed E-state index contributed by atoms with van der Waals surface area (Å²) in [6.07, 6.45) is 0. The van der Waals surface area contributed by atoms with Crippen LogP contribution in [0.1, 0.15) is 27.0 Å². The van der Waals surface area contributed by atoms with E-state index in [1.54, 1.807) is 49.4 Å². The van der Waals surface area contributed by atoms with Crippen LogP contribution in [0.4, 0.5) is 5.69 Å². The molecule has 3 aromatic rings. The molecule has 0 aromatic heterocycles. The quantitative estimate of drug-likeness (QED) is 0.508. The third kappa shape index (κ3) is 5.85. The van der Waals surface area contributed by atoms with Gasteiger partial charge in [-0.3, -0.25) is 4.79 Å². The number of benzene rings is 3. The first kappa shape index (κ1) is 24.2. The van der Waals surface area contributed by atoms with Gasteiger partial charge in [-0.05, 0) is 48.7 Å². The van der Waals surface area contributed by atoms with Gasteiger partial charge in [0.25, 0.3) is 0 Å². The Balaban J connectivity index is 1.93. The van der Waals surface area contributed by atoms with Gasteiger partial charge in [0.1, 0.15) is 0 Å². The van der Waals surface area contributed by atoms with E-state index in [-0.39, 0.29) is 22.7 Å². The second kappa shape index (κ2) is 10.4. The van der Waals surface area contributed by atoms with E-state index in [0.717, 1.165) is 15.4 Å². The van der Waals surface area contributed by atoms with Crippen molar-refractivity contribution in [2.24, 2.45) is 0 Å². The Morgan fingerprint density at radius 2 is 1.61 bits per heavy atom. The number of ether oxygens (including phenoxy) is 1. The number of aryl methyl sites for hydroxylation is 2. The molecule has 0 saturated heterocycles. The maximum atomic E-state index is 13.6. The van der Waals surface area contributed by atoms with Crippen molar-refractivity contribution in [3.8, 4) is 0 Å². The minimum Gasteiger partial charge on any atom is -0.465 e. The third-order valence-electron chi connectivity index (χ3n) is 5.09. The first-order chi connectivity index (χ1) is 15.7. The molecule has 0 spiro atoms. The van der Waals surface area contributed by atoms with E-state index in [0.29, 0.717) is 5.56 Å². The van der Waals surface area contributed by atoms with Gasteiger partial charge in [-0.15, -0.1) is 0 Å². The molecule has 33 heavy (non-hydrogen) atoms. The lowest BCUT2D eigenvalue weighted by Gasteiger charge is -2.23. The molecule has 0 heterocycles. The second-order valence-electron chi connectivity index (χ2n) is 7.61. The predicted molar refractivity (Wildman–Crippen MR) is 126 cm³/mol. The number of carbonyl (C=O) groups excluding carboxylic acids is 2. The topological polar surface area (TPSA) is 92.8 Å². The Labute approximate surface area is 194 Å². The zero-order valence-electron chi connectivity index (χ0n) is 18.7. The molecule has 0 atom stereocenters. The highest BCUT2D eigenvalue weighted by atomic mass is 32.2. The lowest BCUT2D eigenvalue weighted by atomic mass is 10.2. The van der Waals surface area contributed by atoms with E-state index in [4.69, 9.17) is 4.74 Å². The fourth-order valence-electron chi connectivity index (χ4n) is 3.37. The van der Waals surface area contributed by atoms with Crippen molar-refractivity contribution < 1.29 is 22.7 Å². The van der Waals surface area contributed by atoms with Gasteiger partial charge in [0.05, 0.1) is 29.8 Å². The van der Waals surface area contributed by atoms with E-state index >= 15 is 0 Å². The first-order valence-corrected chi connectivity index (χ1v) is 11.7. The van der Waals surface area contributed by atoms with Gasteiger partial charge >= 0.3 is 5.97 Å². The van der Waals surface area contributed by atoms with Gasteiger partial charge in [-0.25, -0.2) is 13.2 Å². The average molecular weight is 467 g/mol. The number of anilines is 1. The summed E-state index contributed by atoms with van der Waals surface area (Å²) in [6, 6.07) is 20.6. The number of hydrogen-bond donors (Lipinski definition) is 1. The fraction of sp³-hybridized carbons (Fsp3) is 0.200. The molecule has 1 N–H and O–H groups in total. The van der Waals surface area contributed by atoms with Gasteiger partial charge in [0, 0.05) is 6.54 Å². The summed E-state index contributed by atoms with van der Waals surface area (Å²) < 4.78 is 33.1. The average Bonchev–Trinajstić information content (AvgIpc) is 2.80. The summed E-state index contributed by atoms with van der Waals surface area (Å²) in [5, 5.41) is 2.65. The van der Waals surface area contributed by atoms with Crippen LogP contribution in [0.3, 0.4) is 0 Å². The number of esters is 1. The molecule has 3 aromatic carbocycles. The van der Waals surface area contributed by atoms with Crippen LogP contribution < -0.4 is 5.32 Å². The van der Waals surface area contributed by atoms with Crippen LogP contribution in [-0.2, 0) is 26.1 Å². The van der Waals surface area contributed by atoms with Crippen molar-refractivity contribution in [1.82, 2.24) is 4.31 Å². The number of methoxy groups -OCH3 is 1. The summed E-state index contributed by atoms with van der Waals surface area (Å²) in [7, 11) is -2.74. The summed E-state index contributed by atoms with van der Waals surface area (Å²) in [5.74, 6) is -1.17. The standard InChI is InChI=1S/C25H26N2O5S/c1-18-13-14-19(2)23(15-18)33(30,31)27(16-20-9-5-4-6-10-20)17-24(28)26-22-12-8-7-11-21(22)25(29)32-3/h4-15H,16-17H2,1-3H3,(H,26,28). The maximum Gasteiger partial charge on any atom is 0.339 e. The highest BCUT2D eigenvalue weighted by molar-refractivity contribution is 7.89. The first-order valence-electron chi connectivity index (χ1n) is 10.3. The molecule has 0 aliphatic heterocycles. The molecule has 0 bridgehead atoms. The Morgan fingerprint density at radius 1 is 0.939 bits per heavy atom. The maximum absolute atomic E-state index is 13.6. The number of para-hydroxylation sites is 1. The lowest BCUT2D eigenvalue weighted by Crippen LogP contribution is -2.38. The monoisotopic (exact) mass is 466 g/mol. The molecule has 8 heteroatoms. The van der Waals surface area contributed by atoms with E-state index in [9.17, 15) is 18.0 Å². The van der Waals surface area contributed by atoms with Crippen molar-refractivity contribution in [3.05, 3.63) is 95.1 Å². The minimum absolute atomic E-state index is 0.0165. The molecule has 0 unspecified atom stereocenters. The smallest absolute Gasteiger partial charge is 0.339 e. The molecule has 0 radical (unpaired) electrons. The largest absolute Gasteiger partial charge is 0.465 e. The second-order valence-corrected chi connectivity index (χ2v) is 9.52. The Kier molecular flexibility index (Phi) is 7.63.